The van der Waals surface area contributed by atoms with Crippen LogP contribution in [0.15, 0.2) is 30.5 Å². The molecule has 4 heteroatoms. The van der Waals surface area contributed by atoms with Crippen LogP contribution in [-0.4, -0.2) is 24.6 Å². The molecule has 0 aliphatic rings. The zero-order valence-corrected chi connectivity index (χ0v) is 9.21. The summed E-state index contributed by atoms with van der Waals surface area (Å²) in [5.74, 6) is 0. The largest absolute Gasteiger partial charge is 0.361 e. The summed E-state index contributed by atoms with van der Waals surface area (Å²) in [4.78, 5) is 14.1. The molecule has 2 amide bonds. The Hall–Kier alpha value is -1.97. The van der Waals surface area contributed by atoms with Crippen molar-refractivity contribution in [2.24, 2.45) is 0 Å². The summed E-state index contributed by atoms with van der Waals surface area (Å²) in [6.45, 7) is 0.645. The predicted octanol–water partition coefficient (Wildman–Crippen LogP) is 1.64. The number of urea groups is 1. The Morgan fingerprint density at radius 2 is 2.25 bits per heavy atom. The second-order valence-corrected chi connectivity index (χ2v) is 3.66. The molecule has 0 aliphatic carbocycles. The van der Waals surface area contributed by atoms with Gasteiger partial charge in [-0.05, 0) is 29.5 Å². The van der Waals surface area contributed by atoms with Crippen molar-refractivity contribution in [3.63, 3.8) is 0 Å². The maximum Gasteiger partial charge on any atom is 0.314 e. The number of carbonyl (C=O) groups excluding carboxylic acids is 1. The van der Waals surface area contributed by atoms with Gasteiger partial charge < -0.3 is 15.6 Å². The molecule has 0 bridgehead atoms. The molecule has 16 heavy (non-hydrogen) atoms. The van der Waals surface area contributed by atoms with Crippen LogP contribution in [0.3, 0.4) is 0 Å². The molecule has 0 aliphatic heterocycles. The van der Waals surface area contributed by atoms with Crippen molar-refractivity contribution in [3.8, 4) is 0 Å². The van der Waals surface area contributed by atoms with Crippen molar-refractivity contribution in [3.05, 3.63) is 36.0 Å². The Morgan fingerprint density at radius 3 is 3.06 bits per heavy atom. The third-order valence-electron chi connectivity index (χ3n) is 2.55. The van der Waals surface area contributed by atoms with E-state index in [2.05, 4.69) is 33.8 Å². The maximum absolute atomic E-state index is 10.9. The Labute approximate surface area is 94.0 Å². The van der Waals surface area contributed by atoms with E-state index in [1.165, 1.54) is 10.9 Å². The van der Waals surface area contributed by atoms with Gasteiger partial charge in [-0.15, -0.1) is 0 Å². The molecule has 2 aromatic rings. The van der Waals surface area contributed by atoms with Gasteiger partial charge in [0, 0.05) is 25.3 Å². The molecule has 0 atom stereocenters. The van der Waals surface area contributed by atoms with Crippen LogP contribution in [-0.2, 0) is 6.42 Å². The van der Waals surface area contributed by atoms with Gasteiger partial charge in [-0.25, -0.2) is 4.79 Å². The highest BCUT2D eigenvalue weighted by Gasteiger charge is 1.99. The summed E-state index contributed by atoms with van der Waals surface area (Å²) in [6, 6.07) is 8.19. The minimum Gasteiger partial charge on any atom is -0.361 e. The fraction of sp³-hybridized carbons (Fsp3) is 0.250. The van der Waals surface area contributed by atoms with Crippen molar-refractivity contribution < 1.29 is 4.79 Å². The summed E-state index contributed by atoms with van der Waals surface area (Å²) in [6.07, 6.45) is 2.76. The van der Waals surface area contributed by atoms with Gasteiger partial charge in [0.1, 0.15) is 0 Å². The lowest BCUT2D eigenvalue weighted by molar-refractivity contribution is 0.243. The van der Waals surface area contributed by atoms with Crippen molar-refractivity contribution in [1.29, 1.82) is 0 Å². The fourth-order valence-electron chi connectivity index (χ4n) is 1.66. The number of H-pyrrole nitrogens is 1. The number of rotatable bonds is 3. The van der Waals surface area contributed by atoms with Crippen molar-refractivity contribution in [2.75, 3.05) is 13.6 Å². The summed E-state index contributed by atoms with van der Waals surface area (Å²) < 4.78 is 0. The Kier molecular flexibility index (Phi) is 3.10. The lowest BCUT2D eigenvalue weighted by Crippen LogP contribution is -2.33. The SMILES string of the molecule is CNC(=O)NCCc1ccc2cc[nH]c2c1. The second kappa shape index (κ2) is 4.70. The summed E-state index contributed by atoms with van der Waals surface area (Å²) in [7, 11) is 1.61. The average Bonchev–Trinajstić information content (AvgIpc) is 2.76. The van der Waals surface area contributed by atoms with Gasteiger partial charge in [0.15, 0.2) is 0 Å². The normalized spacial score (nSPS) is 10.3. The van der Waals surface area contributed by atoms with Gasteiger partial charge in [-0.3, -0.25) is 0 Å². The molecule has 0 radical (unpaired) electrons. The quantitative estimate of drug-likeness (QED) is 0.719. The molecule has 0 saturated heterocycles. The van der Waals surface area contributed by atoms with Crippen LogP contribution >= 0.6 is 0 Å². The number of hydrogen-bond acceptors (Lipinski definition) is 1. The minimum absolute atomic E-state index is 0.138. The molecule has 0 spiro atoms. The lowest BCUT2D eigenvalue weighted by Gasteiger charge is -2.04. The van der Waals surface area contributed by atoms with E-state index in [0.29, 0.717) is 6.54 Å². The number of aromatic amines is 1. The first-order valence-corrected chi connectivity index (χ1v) is 5.31. The zero-order valence-electron chi connectivity index (χ0n) is 9.21. The van der Waals surface area contributed by atoms with E-state index < -0.39 is 0 Å². The van der Waals surface area contributed by atoms with Gasteiger partial charge in [-0.2, -0.15) is 0 Å². The third-order valence-corrected chi connectivity index (χ3v) is 2.55. The van der Waals surface area contributed by atoms with E-state index in [4.69, 9.17) is 0 Å². The van der Waals surface area contributed by atoms with Crippen molar-refractivity contribution >= 4 is 16.9 Å². The summed E-state index contributed by atoms with van der Waals surface area (Å²) in [5.41, 5.74) is 2.35. The van der Waals surface area contributed by atoms with E-state index >= 15 is 0 Å². The van der Waals surface area contributed by atoms with E-state index in [0.717, 1.165) is 11.9 Å². The monoisotopic (exact) mass is 217 g/mol. The fourth-order valence-corrected chi connectivity index (χ4v) is 1.66. The molecule has 0 fully saturated rings. The summed E-state index contributed by atoms with van der Waals surface area (Å²) >= 11 is 0. The lowest BCUT2D eigenvalue weighted by atomic mass is 10.1. The van der Waals surface area contributed by atoms with E-state index in [-0.39, 0.29) is 6.03 Å². The van der Waals surface area contributed by atoms with Crippen LogP contribution in [0, 0.1) is 0 Å². The molecule has 1 heterocycles. The second-order valence-electron chi connectivity index (χ2n) is 3.66. The molecule has 0 unspecified atom stereocenters. The van der Waals surface area contributed by atoms with Gasteiger partial charge >= 0.3 is 6.03 Å². The maximum atomic E-state index is 10.9. The molecule has 0 saturated carbocycles. The first kappa shape index (κ1) is 10.5. The number of amides is 2. The number of aromatic nitrogens is 1. The van der Waals surface area contributed by atoms with Gasteiger partial charge in [0.25, 0.3) is 0 Å². The van der Waals surface area contributed by atoms with Crippen molar-refractivity contribution in [2.45, 2.75) is 6.42 Å². The van der Waals surface area contributed by atoms with E-state index in [1.807, 2.05) is 12.3 Å². The van der Waals surface area contributed by atoms with Crippen LogP contribution in [0.25, 0.3) is 10.9 Å². The molecule has 1 aromatic carbocycles. The van der Waals surface area contributed by atoms with Gasteiger partial charge in [-0.1, -0.05) is 12.1 Å². The predicted molar refractivity (Wildman–Crippen MR) is 64.5 cm³/mol. The van der Waals surface area contributed by atoms with Crippen LogP contribution < -0.4 is 10.6 Å². The van der Waals surface area contributed by atoms with Gasteiger partial charge in [0.2, 0.25) is 0 Å². The number of nitrogens with one attached hydrogen (secondary N) is 3. The molecule has 1 aromatic heterocycles. The molecule has 3 N–H and O–H groups in total. The number of carbonyl (C=O) groups is 1. The number of hydrogen-bond donors (Lipinski definition) is 3. The third kappa shape index (κ3) is 2.34. The zero-order chi connectivity index (χ0) is 11.4. The molecular weight excluding hydrogens is 202 g/mol. The topological polar surface area (TPSA) is 56.9 Å². The van der Waals surface area contributed by atoms with Crippen LogP contribution in [0.4, 0.5) is 4.79 Å². The van der Waals surface area contributed by atoms with Crippen LogP contribution in [0.1, 0.15) is 5.56 Å². The smallest absolute Gasteiger partial charge is 0.314 e. The summed E-state index contributed by atoms with van der Waals surface area (Å²) in [5, 5.41) is 6.49. The standard InChI is InChI=1S/C12H15N3O/c1-13-12(16)15-6-4-9-2-3-10-5-7-14-11(10)8-9/h2-3,5,7-8,14H,4,6H2,1H3,(H2,13,15,16). The molecular formula is C12H15N3O. The van der Waals surface area contributed by atoms with E-state index in [1.54, 1.807) is 7.05 Å². The minimum atomic E-state index is -0.138. The van der Waals surface area contributed by atoms with Crippen LogP contribution in [0.5, 0.6) is 0 Å². The van der Waals surface area contributed by atoms with Crippen molar-refractivity contribution in [1.82, 2.24) is 15.6 Å². The van der Waals surface area contributed by atoms with Crippen LogP contribution in [0.2, 0.25) is 0 Å². The number of benzene rings is 1. The van der Waals surface area contributed by atoms with Gasteiger partial charge in [0.05, 0.1) is 0 Å². The highest BCUT2D eigenvalue weighted by Crippen LogP contribution is 2.14. The van der Waals surface area contributed by atoms with E-state index in [9.17, 15) is 4.79 Å². The Balaban J connectivity index is 1.96. The number of fused-ring (bicyclic) bond motifs is 1. The first-order valence-electron chi connectivity index (χ1n) is 5.31. The first-order chi connectivity index (χ1) is 7.79. The molecule has 4 nitrogen and oxygen atoms in total. The highest BCUT2D eigenvalue weighted by atomic mass is 16.2. The molecule has 2 rings (SSSR count). The Bertz CT molecular complexity index is 490. The molecule has 84 valence electrons. The highest BCUT2D eigenvalue weighted by molar-refractivity contribution is 5.79. The Morgan fingerprint density at radius 1 is 1.38 bits per heavy atom. The average molecular weight is 217 g/mol.